The van der Waals surface area contributed by atoms with E-state index < -0.39 is 0 Å². The van der Waals surface area contributed by atoms with Gasteiger partial charge in [-0.2, -0.15) is 0 Å². The highest BCUT2D eigenvalue weighted by atomic mass is 16.5. The first-order valence-corrected chi connectivity index (χ1v) is 9.14. The topological polar surface area (TPSA) is 9.23 Å². The average molecular weight is 310 g/mol. The number of unbranched alkanes of at least 4 members (excludes halogenated alkanes) is 5. The zero-order valence-corrected chi connectivity index (χ0v) is 14.5. The highest BCUT2D eigenvalue weighted by Crippen LogP contribution is 2.15. The molecule has 0 bridgehead atoms. The Hall–Kier alpha value is -1.76. The first-order chi connectivity index (χ1) is 11.4. The summed E-state index contributed by atoms with van der Waals surface area (Å²) < 4.78 is 5.47. The summed E-state index contributed by atoms with van der Waals surface area (Å²) in [5.41, 5.74) is 2.90. The molecule has 0 saturated carbocycles. The number of hydrogen-bond acceptors (Lipinski definition) is 1. The van der Waals surface area contributed by atoms with Gasteiger partial charge < -0.3 is 4.74 Å². The summed E-state index contributed by atoms with van der Waals surface area (Å²) in [6.45, 7) is 2.76. The molecular weight excluding hydrogens is 280 g/mol. The third kappa shape index (κ3) is 7.36. The van der Waals surface area contributed by atoms with Gasteiger partial charge in [-0.15, -0.1) is 0 Å². The van der Waals surface area contributed by atoms with Gasteiger partial charge in [0, 0.05) is 0 Å². The molecule has 2 rings (SSSR count). The van der Waals surface area contributed by atoms with E-state index >= 15 is 0 Å². The van der Waals surface area contributed by atoms with Gasteiger partial charge in [-0.25, -0.2) is 0 Å². The van der Waals surface area contributed by atoms with Crippen LogP contribution in [0.15, 0.2) is 54.6 Å². The SMILES string of the molecule is CCOc1ccc(CCCCCCCCc2ccccc2)cc1. The third-order valence-electron chi connectivity index (χ3n) is 4.26. The van der Waals surface area contributed by atoms with Crippen LogP contribution in [0.25, 0.3) is 0 Å². The fourth-order valence-electron chi connectivity index (χ4n) is 2.93. The van der Waals surface area contributed by atoms with Crippen LogP contribution in [0.3, 0.4) is 0 Å². The molecule has 0 radical (unpaired) electrons. The summed E-state index contributed by atoms with van der Waals surface area (Å²) in [7, 11) is 0. The summed E-state index contributed by atoms with van der Waals surface area (Å²) in [4.78, 5) is 0. The lowest BCUT2D eigenvalue weighted by atomic mass is 10.0. The molecule has 0 aliphatic heterocycles. The Kier molecular flexibility index (Phi) is 8.32. The quantitative estimate of drug-likeness (QED) is 0.448. The van der Waals surface area contributed by atoms with Gasteiger partial charge in [0.05, 0.1) is 6.61 Å². The first kappa shape index (κ1) is 17.6. The Morgan fingerprint density at radius 1 is 0.609 bits per heavy atom. The van der Waals surface area contributed by atoms with Gasteiger partial charge in [-0.3, -0.25) is 0 Å². The van der Waals surface area contributed by atoms with Crippen LogP contribution < -0.4 is 4.74 Å². The molecule has 0 atom stereocenters. The predicted octanol–water partition coefficient (Wildman–Crippen LogP) is 6.21. The van der Waals surface area contributed by atoms with Crippen molar-refractivity contribution in [3.8, 4) is 5.75 Å². The average Bonchev–Trinajstić information content (AvgIpc) is 2.60. The molecule has 0 aromatic heterocycles. The second-order valence-corrected chi connectivity index (χ2v) is 6.18. The number of ether oxygens (including phenoxy) is 1. The van der Waals surface area contributed by atoms with E-state index in [2.05, 4.69) is 54.6 Å². The van der Waals surface area contributed by atoms with E-state index in [1.165, 1.54) is 62.5 Å². The molecule has 2 aromatic carbocycles. The van der Waals surface area contributed by atoms with Crippen molar-refractivity contribution in [3.63, 3.8) is 0 Å². The van der Waals surface area contributed by atoms with Crippen molar-refractivity contribution in [1.29, 1.82) is 0 Å². The molecule has 0 saturated heterocycles. The molecule has 23 heavy (non-hydrogen) atoms. The molecule has 0 aliphatic rings. The Morgan fingerprint density at radius 3 is 1.70 bits per heavy atom. The van der Waals surface area contributed by atoms with Crippen LogP contribution in [0.5, 0.6) is 5.75 Å². The van der Waals surface area contributed by atoms with E-state index in [-0.39, 0.29) is 0 Å². The van der Waals surface area contributed by atoms with E-state index in [4.69, 9.17) is 4.74 Å². The lowest BCUT2D eigenvalue weighted by molar-refractivity contribution is 0.340. The highest BCUT2D eigenvalue weighted by Gasteiger charge is 1.97. The van der Waals surface area contributed by atoms with Crippen molar-refractivity contribution in [2.24, 2.45) is 0 Å². The molecule has 0 spiro atoms. The first-order valence-electron chi connectivity index (χ1n) is 9.14. The van der Waals surface area contributed by atoms with Crippen molar-refractivity contribution in [2.75, 3.05) is 6.61 Å². The van der Waals surface area contributed by atoms with Crippen molar-refractivity contribution in [3.05, 3.63) is 65.7 Å². The Labute approximate surface area is 141 Å². The van der Waals surface area contributed by atoms with Gasteiger partial charge in [0.1, 0.15) is 5.75 Å². The lowest BCUT2D eigenvalue weighted by Crippen LogP contribution is -1.92. The van der Waals surface area contributed by atoms with Gasteiger partial charge in [-0.05, 0) is 55.9 Å². The smallest absolute Gasteiger partial charge is 0.119 e. The van der Waals surface area contributed by atoms with E-state index in [1.807, 2.05) is 6.92 Å². The Balaban J connectivity index is 1.47. The van der Waals surface area contributed by atoms with Gasteiger partial charge in [0.25, 0.3) is 0 Å². The summed E-state index contributed by atoms with van der Waals surface area (Å²) in [5, 5.41) is 0. The summed E-state index contributed by atoms with van der Waals surface area (Å²) in [6, 6.07) is 19.4. The minimum atomic E-state index is 0.740. The molecule has 0 fully saturated rings. The van der Waals surface area contributed by atoms with E-state index in [0.29, 0.717) is 0 Å². The van der Waals surface area contributed by atoms with Crippen molar-refractivity contribution >= 4 is 0 Å². The fourth-order valence-corrected chi connectivity index (χ4v) is 2.93. The predicted molar refractivity (Wildman–Crippen MR) is 99.2 cm³/mol. The van der Waals surface area contributed by atoms with Crippen LogP contribution in [0.4, 0.5) is 0 Å². The van der Waals surface area contributed by atoms with Crippen molar-refractivity contribution < 1.29 is 4.74 Å². The van der Waals surface area contributed by atoms with Crippen LogP contribution in [0, 0.1) is 0 Å². The maximum absolute atomic E-state index is 5.47. The van der Waals surface area contributed by atoms with Crippen molar-refractivity contribution in [1.82, 2.24) is 0 Å². The summed E-state index contributed by atoms with van der Waals surface area (Å²) >= 11 is 0. The molecule has 1 nitrogen and oxygen atoms in total. The van der Waals surface area contributed by atoms with E-state index in [9.17, 15) is 0 Å². The molecule has 124 valence electrons. The second-order valence-electron chi connectivity index (χ2n) is 6.18. The van der Waals surface area contributed by atoms with Crippen molar-refractivity contribution in [2.45, 2.75) is 58.3 Å². The minimum absolute atomic E-state index is 0.740. The largest absolute Gasteiger partial charge is 0.494 e. The molecular formula is C22H30O. The van der Waals surface area contributed by atoms with Gasteiger partial charge in [-0.1, -0.05) is 68.1 Å². The van der Waals surface area contributed by atoms with Crippen LogP contribution in [0.2, 0.25) is 0 Å². The van der Waals surface area contributed by atoms with Crippen LogP contribution >= 0.6 is 0 Å². The van der Waals surface area contributed by atoms with Gasteiger partial charge in [0.2, 0.25) is 0 Å². The minimum Gasteiger partial charge on any atom is -0.494 e. The Bertz CT molecular complexity index is 515. The zero-order chi connectivity index (χ0) is 16.2. The lowest BCUT2D eigenvalue weighted by Gasteiger charge is -2.05. The molecule has 1 heteroatoms. The highest BCUT2D eigenvalue weighted by molar-refractivity contribution is 5.27. The van der Waals surface area contributed by atoms with E-state index in [1.54, 1.807) is 0 Å². The van der Waals surface area contributed by atoms with Gasteiger partial charge >= 0.3 is 0 Å². The molecule has 0 amide bonds. The fraction of sp³-hybridized carbons (Fsp3) is 0.455. The number of benzene rings is 2. The number of rotatable bonds is 11. The van der Waals surface area contributed by atoms with Crippen LogP contribution in [0.1, 0.15) is 56.6 Å². The maximum atomic E-state index is 5.47. The normalized spacial score (nSPS) is 10.7. The zero-order valence-electron chi connectivity index (χ0n) is 14.5. The van der Waals surface area contributed by atoms with Gasteiger partial charge in [0.15, 0.2) is 0 Å². The molecule has 0 aliphatic carbocycles. The molecule has 0 unspecified atom stereocenters. The standard InChI is InChI=1S/C22H30O/c1-2-23-22-18-16-21(17-19-22)15-9-6-4-3-5-8-12-20-13-10-7-11-14-20/h7,10-11,13-14,16-19H,2-6,8-9,12,15H2,1H3. The number of aryl methyl sites for hydroxylation is 2. The monoisotopic (exact) mass is 310 g/mol. The second kappa shape index (κ2) is 10.9. The van der Waals surface area contributed by atoms with E-state index in [0.717, 1.165) is 12.4 Å². The molecule has 0 heterocycles. The molecule has 2 aromatic rings. The third-order valence-corrected chi connectivity index (χ3v) is 4.26. The maximum Gasteiger partial charge on any atom is 0.119 e. The number of hydrogen-bond donors (Lipinski definition) is 0. The van der Waals surface area contributed by atoms with Crippen LogP contribution in [-0.4, -0.2) is 6.61 Å². The van der Waals surface area contributed by atoms with Crippen LogP contribution in [-0.2, 0) is 12.8 Å². The summed E-state index contributed by atoms with van der Waals surface area (Å²) in [6.07, 6.45) is 10.5. The summed E-state index contributed by atoms with van der Waals surface area (Å²) in [5.74, 6) is 0.981. The Morgan fingerprint density at radius 2 is 1.13 bits per heavy atom. The molecule has 0 N–H and O–H groups in total.